The lowest BCUT2D eigenvalue weighted by Crippen LogP contribution is -2.12. The number of hydrogen-bond donors (Lipinski definition) is 1. The quantitative estimate of drug-likeness (QED) is 0.782. The molecule has 1 aliphatic carbocycles. The van der Waals surface area contributed by atoms with Crippen LogP contribution < -0.4 is 5.73 Å². The monoisotopic (exact) mass is 218 g/mol. The fourth-order valence-corrected chi connectivity index (χ4v) is 3.03. The molecule has 16 heavy (non-hydrogen) atoms. The van der Waals surface area contributed by atoms with E-state index in [1.165, 1.54) is 17.3 Å². The molecule has 2 aromatic rings. The summed E-state index contributed by atoms with van der Waals surface area (Å²) in [5, 5.41) is 1.06. The summed E-state index contributed by atoms with van der Waals surface area (Å²) < 4.78 is 15.8. The van der Waals surface area contributed by atoms with Crippen LogP contribution in [0.4, 0.5) is 4.39 Å². The molecule has 0 saturated heterocycles. The Balaban J connectivity index is 2.38. The Morgan fingerprint density at radius 1 is 1.50 bits per heavy atom. The zero-order chi connectivity index (χ0) is 11.3. The lowest BCUT2D eigenvalue weighted by molar-refractivity contribution is 0.618. The number of fused-ring (bicyclic) bond motifs is 3. The van der Waals surface area contributed by atoms with Gasteiger partial charge in [0.1, 0.15) is 5.82 Å². The number of para-hydroxylation sites is 1. The summed E-state index contributed by atoms with van der Waals surface area (Å²) in [7, 11) is 1.94. The Kier molecular flexibility index (Phi) is 2.04. The number of rotatable bonds is 1. The lowest BCUT2D eigenvalue weighted by Gasteiger charge is -2.10. The van der Waals surface area contributed by atoms with Gasteiger partial charge in [0.25, 0.3) is 0 Å². The van der Waals surface area contributed by atoms with Gasteiger partial charge in [-0.25, -0.2) is 4.39 Å². The molecule has 0 amide bonds. The molecule has 0 aliphatic heterocycles. The summed E-state index contributed by atoms with van der Waals surface area (Å²) in [6, 6.07) is 5.32. The van der Waals surface area contributed by atoms with Crippen molar-refractivity contribution in [3.05, 3.63) is 35.3 Å². The van der Waals surface area contributed by atoms with Gasteiger partial charge in [0.15, 0.2) is 0 Å². The predicted molar refractivity (Wildman–Crippen MR) is 63.0 cm³/mol. The van der Waals surface area contributed by atoms with Crippen LogP contribution in [0.2, 0.25) is 0 Å². The molecule has 1 aliphatic rings. The molecule has 0 saturated carbocycles. The van der Waals surface area contributed by atoms with Crippen molar-refractivity contribution in [3.63, 3.8) is 0 Å². The van der Waals surface area contributed by atoms with Crippen LogP contribution in [0.15, 0.2) is 18.2 Å². The van der Waals surface area contributed by atoms with Gasteiger partial charge in [-0.2, -0.15) is 0 Å². The molecule has 1 heterocycles. The molecule has 0 fully saturated rings. The first kappa shape index (κ1) is 9.85. The smallest absolute Gasteiger partial charge is 0.147 e. The summed E-state index contributed by atoms with van der Waals surface area (Å²) >= 11 is 0. The van der Waals surface area contributed by atoms with Crippen molar-refractivity contribution >= 4 is 10.9 Å². The highest BCUT2D eigenvalue weighted by molar-refractivity contribution is 5.87. The van der Waals surface area contributed by atoms with Gasteiger partial charge >= 0.3 is 0 Å². The predicted octanol–water partition coefficient (Wildman–Crippen LogP) is 2.31. The number of aromatic nitrogens is 1. The van der Waals surface area contributed by atoms with Crippen LogP contribution in [-0.2, 0) is 13.5 Å². The third-order valence-corrected chi connectivity index (χ3v) is 3.73. The Morgan fingerprint density at radius 2 is 2.31 bits per heavy atom. The number of halogens is 1. The van der Waals surface area contributed by atoms with Crippen molar-refractivity contribution in [2.45, 2.75) is 18.8 Å². The second-order valence-electron chi connectivity index (χ2n) is 4.53. The minimum absolute atomic E-state index is 0.134. The molecule has 0 bridgehead atoms. The normalized spacial score (nSPS) is 19.3. The topological polar surface area (TPSA) is 30.9 Å². The van der Waals surface area contributed by atoms with E-state index < -0.39 is 0 Å². The maximum absolute atomic E-state index is 13.8. The van der Waals surface area contributed by atoms with Crippen molar-refractivity contribution in [1.29, 1.82) is 0 Å². The summed E-state index contributed by atoms with van der Waals surface area (Å²) in [5.74, 6) is 0.261. The Labute approximate surface area is 93.9 Å². The van der Waals surface area contributed by atoms with Gasteiger partial charge in [0, 0.05) is 30.6 Å². The number of benzene rings is 1. The largest absolute Gasteiger partial charge is 0.345 e. The molecule has 1 aromatic carbocycles. The molecule has 1 unspecified atom stereocenters. The van der Waals surface area contributed by atoms with E-state index in [9.17, 15) is 4.39 Å². The van der Waals surface area contributed by atoms with Crippen LogP contribution >= 0.6 is 0 Å². The van der Waals surface area contributed by atoms with E-state index in [-0.39, 0.29) is 5.82 Å². The van der Waals surface area contributed by atoms with Gasteiger partial charge in [-0.1, -0.05) is 12.1 Å². The van der Waals surface area contributed by atoms with Gasteiger partial charge in [-0.15, -0.1) is 0 Å². The third kappa shape index (κ3) is 1.09. The highest BCUT2D eigenvalue weighted by atomic mass is 19.1. The molecule has 3 rings (SSSR count). The average Bonchev–Trinajstić information content (AvgIpc) is 2.81. The van der Waals surface area contributed by atoms with Crippen LogP contribution in [-0.4, -0.2) is 11.1 Å². The number of nitrogens with zero attached hydrogens (tertiary/aromatic N) is 1. The van der Waals surface area contributed by atoms with E-state index in [4.69, 9.17) is 5.73 Å². The molecule has 84 valence electrons. The highest BCUT2D eigenvalue weighted by Crippen LogP contribution is 2.39. The average molecular weight is 218 g/mol. The Hall–Kier alpha value is -1.35. The van der Waals surface area contributed by atoms with Crippen molar-refractivity contribution < 1.29 is 4.39 Å². The molecule has 0 radical (unpaired) electrons. The molecular weight excluding hydrogens is 203 g/mol. The van der Waals surface area contributed by atoms with Gasteiger partial charge in [0.05, 0.1) is 5.52 Å². The Bertz CT molecular complexity index is 557. The molecule has 1 atom stereocenters. The van der Waals surface area contributed by atoms with Crippen molar-refractivity contribution in [2.75, 3.05) is 6.54 Å². The first-order valence-electron chi connectivity index (χ1n) is 5.69. The number of aryl methyl sites for hydroxylation is 2. The third-order valence-electron chi connectivity index (χ3n) is 3.73. The fourth-order valence-electron chi connectivity index (χ4n) is 3.03. The standard InChI is InChI=1S/C13H15FN2/c1-16-12-8(7-15)5-6-10(12)9-3-2-4-11(14)13(9)16/h2-4,8H,5-7,15H2,1H3. The fraction of sp³-hybridized carbons (Fsp3) is 0.385. The Morgan fingerprint density at radius 3 is 3.06 bits per heavy atom. The maximum atomic E-state index is 13.8. The van der Waals surface area contributed by atoms with Crippen LogP contribution in [0, 0.1) is 5.82 Å². The van der Waals surface area contributed by atoms with Crippen molar-refractivity contribution in [1.82, 2.24) is 4.57 Å². The van der Waals surface area contributed by atoms with Crippen molar-refractivity contribution in [2.24, 2.45) is 12.8 Å². The van der Waals surface area contributed by atoms with E-state index in [2.05, 4.69) is 0 Å². The van der Waals surface area contributed by atoms with E-state index in [0.29, 0.717) is 12.5 Å². The second-order valence-corrected chi connectivity index (χ2v) is 4.53. The van der Waals surface area contributed by atoms with E-state index in [1.807, 2.05) is 17.7 Å². The summed E-state index contributed by atoms with van der Waals surface area (Å²) in [6.07, 6.45) is 2.12. The highest BCUT2D eigenvalue weighted by Gasteiger charge is 2.28. The van der Waals surface area contributed by atoms with Gasteiger partial charge in [-0.3, -0.25) is 0 Å². The first-order chi connectivity index (χ1) is 7.74. The second kappa shape index (κ2) is 3.32. The summed E-state index contributed by atoms with van der Waals surface area (Å²) in [5.41, 5.74) is 9.03. The number of hydrogen-bond acceptors (Lipinski definition) is 1. The molecule has 1 aromatic heterocycles. The summed E-state index contributed by atoms with van der Waals surface area (Å²) in [6.45, 7) is 0.652. The van der Waals surface area contributed by atoms with E-state index in [1.54, 1.807) is 6.07 Å². The summed E-state index contributed by atoms with van der Waals surface area (Å²) in [4.78, 5) is 0. The molecule has 2 N–H and O–H groups in total. The minimum atomic E-state index is -0.134. The molecule has 2 nitrogen and oxygen atoms in total. The van der Waals surface area contributed by atoms with Crippen LogP contribution in [0.25, 0.3) is 10.9 Å². The number of nitrogens with two attached hydrogens (primary N) is 1. The minimum Gasteiger partial charge on any atom is -0.345 e. The van der Waals surface area contributed by atoms with Crippen molar-refractivity contribution in [3.8, 4) is 0 Å². The van der Waals surface area contributed by atoms with E-state index >= 15 is 0 Å². The van der Waals surface area contributed by atoms with Crippen LogP contribution in [0.5, 0.6) is 0 Å². The van der Waals surface area contributed by atoms with Crippen LogP contribution in [0.1, 0.15) is 23.6 Å². The molecule has 3 heteroatoms. The van der Waals surface area contributed by atoms with Gasteiger partial charge in [-0.05, 0) is 24.5 Å². The van der Waals surface area contributed by atoms with E-state index in [0.717, 1.165) is 23.7 Å². The lowest BCUT2D eigenvalue weighted by atomic mass is 10.1. The molecular formula is C13H15FN2. The van der Waals surface area contributed by atoms with Gasteiger partial charge in [0.2, 0.25) is 0 Å². The van der Waals surface area contributed by atoms with Crippen LogP contribution in [0.3, 0.4) is 0 Å². The first-order valence-corrected chi connectivity index (χ1v) is 5.69. The zero-order valence-electron chi connectivity index (χ0n) is 9.33. The zero-order valence-corrected chi connectivity index (χ0v) is 9.33. The maximum Gasteiger partial charge on any atom is 0.147 e. The molecule has 0 spiro atoms. The van der Waals surface area contributed by atoms with Gasteiger partial charge < -0.3 is 10.3 Å². The SMILES string of the molecule is Cn1c2c(c3cccc(F)c31)CCC2CN.